The van der Waals surface area contributed by atoms with Crippen LogP contribution in [0.25, 0.3) is 0 Å². The molecule has 0 atom stereocenters. The van der Waals surface area contributed by atoms with Crippen molar-refractivity contribution in [2.24, 2.45) is 0 Å². The van der Waals surface area contributed by atoms with E-state index in [1.165, 1.54) is 31.4 Å². The summed E-state index contributed by atoms with van der Waals surface area (Å²) in [5.41, 5.74) is 0.661. The molecule has 2 aromatic rings. The quantitative estimate of drug-likeness (QED) is 0.511. The van der Waals surface area contributed by atoms with E-state index in [0.29, 0.717) is 21.4 Å². The number of esters is 1. The molecule has 11 heteroatoms. The van der Waals surface area contributed by atoms with E-state index in [-0.39, 0.29) is 24.4 Å². The fourth-order valence-electron chi connectivity index (χ4n) is 2.25. The third kappa shape index (κ3) is 7.49. The van der Waals surface area contributed by atoms with Gasteiger partial charge in [0.1, 0.15) is 5.75 Å². The van der Waals surface area contributed by atoms with Gasteiger partial charge in [0.2, 0.25) is 10.0 Å². The second-order valence-corrected chi connectivity index (χ2v) is 8.61. The summed E-state index contributed by atoms with van der Waals surface area (Å²) in [6, 6.07) is 10.7. The van der Waals surface area contributed by atoms with Crippen molar-refractivity contribution < 1.29 is 27.5 Å². The van der Waals surface area contributed by atoms with Crippen LogP contribution in [0.1, 0.15) is 12.0 Å². The molecule has 0 aliphatic rings. The Bertz CT molecular complexity index is 997. The summed E-state index contributed by atoms with van der Waals surface area (Å²) in [6.07, 6.45) is -0.230. The Balaban J connectivity index is 1.70. The molecule has 2 rings (SSSR count). The zero-order chi connectivity index (χ0) is 22.1. The minimum atomic E-state index is -3.77. The van der Waals surface area contributed by atoms with Crippen LogP contribution in [0.2, 0.25) is 10.0 Å². The third-order valence-electron chi connectivity index (χ3n) is 3.85. The smallest absolute Gasteiger partial charge is 0.307 e. The van der Waals surface area contributed by atoms with E-state index in [1.54, 1.807) is 18.2 Å². The summed E-state index contributed by atoms with van der Waals surface area (Å²) in [7, 11) is -2.30. The van der Waals surface area contributed by atoms with Crippen LogP contribution in [0.5, 0.6) is 5.75 Å². The van der Waals surface area contributed by atoms with Crippen LogP contribution >= 0.6 is 23.2 Å². The van der Waals surface area contributed by atoms with Crippen LogP contribution in [0.15, 0.2) is 47.4 Å². The molecule has 30 heavy (non-hydrogen) atoms. The van der Waals surface area contributed by atoms with E-state index in [0.717, 1.165) is 0 Å². The number of benzene rings is 2. The third-order valence-corrected chi connectivity index (χ3v) is 5.91. The first-order valence-corrected chi connectivity index (χ1v) is 10.9. The second kappa shape index (κ2) is 11.2. The fraction of sp³-hybridized carbons (Fsp3) is 0.263. The Morgan fingerprint density at radius 1 is 1.07 bits per heavy atom. The number of carbonyl (C=O) groups excluding carboxylic acids is 2. The molecule has 2 aromatic carbocycles. The van der Waals surface area contributed by atoms with E-state index in [1.807, 2.05) is 0 Å². The van der Waals surface area contributed by atoms with Gasteiger partial charge >= 0.3 is 5.97 Å². The Morgan fingerprint density at radius 2 is 1.77 bits per heavy atom. The minimum absolute atomic E-state index is 0.0388. The molecule has 0 saturated heterocycles. The van der Waals surface area contributed by atoms with Crippen molar-refractivity contribution in [1.82, 2.24) is 10.0 Å². The second-order valence-electron chi connectivity index (χ2n) is 6.00. The molecule has 1 amide bonds. The maximum atomic E-state index is 12.2. The van der Waals surface area contributed by atoms with Crippen molar-refractivity contribution in [2.75, 3.05) is 20.3 Å². The standard InChI is InChI=1S/C19H20Cl2N2O6S/c1-28-15-4-6-16(7-5-15)30(26,27)23-9-8-19(25)29-12-18(24)22-11-13-2-3-14(20)10-17(13)21/h2-7,10,23H,8-9,11-12H2,1H3,(H,22,24). The van der Waals surface area contributed by atoms with Crippen molar-refractivity contribution in [1.29, 1.82) is 0 Å². The first-order chi connectivity index (χ1) is 14.2. The van der Waals surface area contributed by atoms with Crippen molar-refractivity contribution in [3.05, 3.63) is 58.1 Å². The predicted octanol–water partition coefficient (Wildman–Crippen LogP) is 2.53. The maximum Gasteiger partial charge on any atom is 0.307 e. The monoisotopic (exact) mass is 474 g/mol. The molecule has 162 valence electrons. The number of methoxy groups -OCH3 is 1. The van der Waals surface area contributed by atoms with E-state index < -0.39 is 28.5 Å². The van der Waals surface area contributed by atoms with Gasteiger partial charge in [0.25, 0.3) is 5.91 Å². The summed E-state index contributed by atoms with van der Waals surface area (Å²) in [4.78, 5) is 23.6. The molecule has 0 bridgehead atoms. The van der Waals surface area contributed by atoms with Gasteiger partial charge in [-0.05, 0) is 42.0 Å². The molecule has 0 aliphatic heterocycles. The molecule has 0 unspecified atom stereocenters. The van der Waals surface area contributed by atoms with E-state index in [9.17, 15) is 18.0 Å². The Labute approximate surface area is 184 Å². The highest BCUT2D eigenvalue weighted by Gasteiger charge is 2.15. The number of carbonyl (C=O) groups is 2. The molecule has 8 nitrogen and oxygen atoms in total. The minimum Gasteiger partial charge on any atom is -0.497 e. The number of sulfonamides is 1. The average Bonchev–Trinajstić information content (AvgIpc) is 2.71. The van der Waals surface area contributed by atoms with Gasteiger partial charge in [0, 0.05) is 23.1 Å². The van der Waals surface area contributed by atoms with Crippen LogP contribution in [-0.4, -0.2) is 40.6 Å². The lowest BCUT2D eigenvalue weighted by Gasteiger charge is -2.09. The summed E-state index contributed by atoms with van der Waals surface area (Å²) in [5.74, 6) is -0.713. The van der Waals surface area contributed by atoms with Gasteiger partial charge in [0.15, 0.2) is 6.61 Å². The van der Waals surface area contributed by atoms with Crippen molar-refractivity contribution in [2.45, 2.75) is 17.9 Å². The topological polar surface area (TPSA) is 111 Å². The molecule has 0 spiro atoms. The lowest BCUT2D eigenvalue weighted by atomic mass is 10.2. The number of halogens is 2. The van der Waals surface area contributed by atoms with Gasteiger partial charge in [-0.1, -0.05) is 29.3 Å². The molecule has 0 aromatic heterocycles. The lowest BCUT2D eigenvalue weighted by Crippen LogP contribution is -2.30. The summed E-state index contributed by atoms with van der Waals surface area (Å²) < 4.78 is 36.4. The zero-order valence-electron chi connectivity index (χ0n) is 16.0. The number of rotatable bonds is 10. The molecule has 0 saturated carbocycles. The van der Waals surface area contributed by atoms with E-state index in [2.05, 4.69) is 10.0 Å². The molecule has 0 radical (unpaired) electrons. The Kier molecular flexibility index (Phi) is 8.91. The van der Waals surface area contributed by atoms with E-state index in [4.69, 9.17) is 32.7 Å². The average molecular weight is 475 g/mol. The van der Waals surface area contributed by atoms with Gasteiger partial charge in [-0.2, -0.15) is 0 Å². The van der Waals surface area contributed by atoms with Crippen LogP contribution in [0.3, 0.4) is 0 Å². The Morgan fingerprint density at radius 3 is 2.40 bits per heavy atom. The number of amides is 1. The molecule has 2 N–H and O–H groups in total. The first kappa shape index (κ1) is 23.9. The van der Waals surface area contributed by atoms with Crippen LogP contribution in [0.4, 0.5) is 0 Å². The van der Waals surface area contributed by atoms with Crippen molar-refractivity contribution in [3.63, 3.8) is 0 Å². The van der Waals surface area contributed by atoms with Crippen LogP contribution in [-0.2, 0) is 30.9 Å². The number of ether oxygens (including phenoxy) is 2. The van der Waals surface area contributed by atoms with Gasteiger partial charge in [0.05, 0.1) is 18.4 Å². The summed E-state index contributed by atoms with van der Waals surface area (Å²) >= 11 is 11.8. The van der Waals surface area contributed by atoms with Gasteiger partial charge in [-0.25, -0.2) is 13.1 Å². The molecule has 0 aliphatic carbocycles. The first-order valence-electron chi connectivity index (χ1n) is 8.71. The number of hydrogen-bond donors (Lipinski definition) is 2. The number of hydrogen-bond acceptors (Lipinski definition) is 6. The predicted molar refractivity (Wildman–Crippen MR) is 112 cm³/mol. The Hall–Kier alpha value is -2.33. The van der Waals surface area contributed by atoms with Gasteiger partial charge in [-0.15, -0.1) is 0 Å². The van der Waals surface area contributed by atoms with Crippen molar-refractivity contribution in [3.8, 4) is 5.75 Å². The molecular formula is C19H20Cl2N2O6S. The van der Waals surface area contributed by atoms with Crippen LogP contribution < -0.4 is 14.8 Å². The fourth-order valence-corrected chi connectivity index (χ4v) is 3.76. The van der Waals surface area contributed by atoms with Crippen molar-refractivity contribution >= 4 is 45.1 Å². The molecule has 0 heterocycles. The lowest BCUT2D eigenvalue weighted by molar-refractivity contribution is -0.148. The zero-order valence-corrected chi connectivity index (χ0v) is 18.3. The van der Waals surface area contributed by atoms with Crippen LogP contribution in [0, 0.1) is 0 Å². The largest absolute Gasteiger partial charge is 0.497 e. The number of nitrogens with one attached hydrogen (secondary N) is 2. The highest BCUT2D eigenvalue weighted by Crippen LogP contribution is 2.20. The normalized spacial score (nSPS) is 11.0. The maximum absolute atomic E-state index is 12.2. The summed E-state index contributed by atoms with van der Waals surface area (Å²) in [6.45, 7) is -0.515. The highest BCUT2D eigenvalue weighted by atomic mass is 35.5. The molecular weight excluding hydrogens is 455 g/mol. The summed E-state index contributed by atoms with van der Waals surface area (Å²) in [5, 5.41) is 3.45. The highest BCUT2D eigenvalue weighted by molar-refractivity contribution is 7.89. The van der Waals surface area contributed by atoms with E-state index >= 15 is 0 Å². The SMILES string of the molecule is COc1ccc(S(=O)(=O)NCCC(=O)OCC(=O)NCc2ccc(Cl)cc2Cl)cc1. The van der Waals surface area contributed by atoms with Gasteiger partial charge < -0.3 is 14.8 Å². The molecule has 0 fully saturated rings. The van der Waals surface area contributed by atoms with Gasteiger partial charge in [-0.3, -0.25) is 9.59 Å².